The minimum atomic E-state index is -0.174. The van der Waals surface area contributed by atoms with Crippen molar-refractivity contribution in [2.75, 3.05) is 0 Å². The summed E-state index contributed by atoms with van der Waals surface area (Å²) in [6.45, 7) is 13.2. The van der Waals surface area contributed by atoms with Crippen molar-refractivity contribution in [3.63, 3.8) is 0 Å². The number of Topliss-reactive ketones (excluding diaryl/α,β-unsaturated/α-hetero) is 1. The fourth-order valence-electron chi connectivity index (χ4n) is 8.89. The van der Waals surface area contributed by atoms with Crippen LogP contribution in [0.4, 0.5) is 0 Å². The van der Waals surface area contributed by atoms with E-state index in [9.17, 15) is 9.90 Å². The summed E-state index contributed by atoms with van der Waals surface area (Å²) in [4.78, 5) is 12.8. The lowest BCUT2D eigenvalue weighted by atomic mass is 9.35. The van der Waals surface area contributed by atoms with Crippen LogP contribution in [-0.2, 0) is 4.79 Å². The highest BCUT2D eigenvalue weighted by Gasteiger charge is 2.78. The molecule has 1 N–H and O–H groups in total. The molecule has 0 unspecified atom stereocenters. The molecule has 4 saturated carbocycles. The zero-order valence-electron chi connectivity index (χ0n) is 16.9. The Morgan fingerprint density at radius 2 is 1.88 bits per heavy atom. The van der Waals surface area contributed by atoms with Crippen LogP contribution in [0.3, 0.4) is 0 Å². The third-order valence-corrected chi connectivity index (χ3v) is 9.97. The van der Waals surface area contributed by atoms with Crippen LogP contribution in [0.5, 0.6) is 0 Å². The maximum Gasteiger partial charge on any atom is 0.163 e. The van der Waals surface area contributed by atoms with Crippen LogP contribution in [-0.4, -0.2) is 17.0 Å². The molecule has 0 aromatic rings. The van der Waals surface area contributed by atoms with Gasteiger partial charge in [-0.15, -0.1) is 0 Å². The minimum Gasteiger partial charge on any atom is -0.392 e. The number of hydrogen-bond donors (Lipinski definition) is 1. The van der Waals surface area contributed by atoms with Gasteiger partial charge < -0.3 is 5.11 Å². The standard InChI is InChI=1S/C24H34O2/c1-13(2)20-17-11-24-16(10-22(17,5)12-18(20)25)14(3)8-9-23(21(24)26)15(4)6-7-19(23)24/h14-16,19,21,26H,1,6-12H2,2-5H3/t14-,15-,16+,19+,21+,22-,23-,24-/m1/s1. The zero-order chi connectivity index (χ0) is 18.6. The topological polar surface area (TPSA) is 37.3 Å². The summed E-state index contributed by atoms with van der Waals surface area (Å²) < 4.78 is 0. The molecule has 2 heteroatoms. The van der Waals surface area contributed by atoms with Crippen LogP contribution in [0, 0.1) is 39.9 Å². The van der Waals surface area contributed by atoms with E-state index >= 15 is 0 Å². The second-order valence-electron chi connectivity index (χ2n) is 11.0. The van der Waals surface area contributed by atoms with E-state index < -0.39 is 0 Å². The molecule has 0 amide bonds. The zero-order valence-corrected chi connectivity index (χ0v) is 16.9. The largest absolute Gasteiger partial charge is 0.392 e. The van der Waals surface area contributed by atoms with Crippen LogP contribution < -0.4 is 0 Å². The Morgan fingerprint density at radius 3 is 2.58 bits per heavy atom. The van der Waals surface area contributed by atoms with Crippen molar-refractivity contribution in [1.82, 2.24) is 0 Å². The van der Waals surface area contributed by atoms with Crippen molar-refractivity contribution in [2.24, 2.45) is 39.9 Å². The monoisotopic (exact) mass is 354 g/mol. The number of hydrogen-bond acceptors (Lipinski definition) is 2. The summed E-state index contributed by atoms with van der Waals surface area (Å²) in [6, 6.07) is 0. The van der Waals surface area contributed by atoms with Crippen LogP contribution in [0.15, 0.2) is 23.3 Å². The average Bonchev–Trinajstić information content (AvgIpc) is 2.94. The molecule has 0 radical (unpaired) electrons. The molecule has 142 valence electrons. The normalized spacial score (nSPS) is 55.0. The fraction of sp³-hybridized carbons (Fsp3) is 0.792. The molecule has 0 heterocycles. The summed E-state index contributed by atoms with van der Waals surface area (Å²) in [5, 5.41) is 11.7. The first-order valence-electron chi connectivity index (χ1n) is 10.8. The van der Waals surface area contributed by atoms with Gasteiger partial charge in [0.05, 0.1) is 6.10 Å². The highest BCUT2D eigenvalue weighted by Crippen LogP contribution is 2.80. The lowest BCUT2D eigenvalue weighted by molar-refractivity contribution is -0.272. The van der Waals surface area contributed by atoms with Gasteiger partial charge in [-0.3, -0.25) is 4.79 Å². The van der Waals surface area contributed by atoms with Gasteiger partial charge in [0.15, 0.2) is 5.78 Å². The number of aliphatic hydroxyl groups excluding tert-OH is 1. The minimum absolute atomic E-state index is 0.00206. The smallest absolute Gasteiger partial charge is 0.163 e. The van der Waals surface area contributed by atoms with Gasteiger partial charge in [0.25, 0.3) is 0 Å². The molecule has 5 aliphatic carbocycles. The quantitative estimate of drug-likeness (QED) is 0.713. The van der Waals surface area contributed by atoms with E-state index in [0.717, 1.165) is 24.0 Å². The lowest BCUT2D eigenvalue weighted by Crippen LogP contribution is -2.71. The van der Waals surface area contributed by atoms with E-state index in [4.69, 9.17) is 0 Å². The fourth-order valence-corrected chi connectivity index (χ4v) is 8.89. The third kappa shape index (κ3) is 1.64. The molecule has 0 saturated heterocycles. The Morgan fingerprint density at radius 1 is 1.15 bits per heavy atom. The second-order valence-corrected chi connectivity index (χ2v) is 11.0. The molecule has 2 nitrogen and oxygen atoms in total. The molecular weight excluding hydrogens is 320 g/mol. The summed E-state index contributed by atoms with van der Waals surface area (Å²) in [7, 11) is 0. The van der Waals surface area contributed by atoms with Gasteiger partial charge in [-0.25, -0.2) is 0 Å². The van der Waals surface area contributed by atoms with E-state index in [-0.39, 0.29) is 22.3 Å². The van der Waals surface area contributed by atoms with Crippen molar-refractivity contribution < 1.29 is 9.90 Å². The molecule has 0 aromatic heterocycles. The van der Waals surface area contributed by atoms with Gasteiger partial charge in [-0.1, -0.05) is 32.9 Å². The molecule has 2 bridgehead atoms. The van der Waals surface area contributed by atoms with Gasteiger partial charge in [0.1, 0.15) is 0 Å². The highest BCUT2D eigenvalue weighted by molar-refractivity contribution is 6.03. The second kappa shape index (κ2) is 4.93. The Kier molecular flexibility index (Phi) is 3.27. The molecule has 4 fully saturated rings. The number of aliphatic hydroxyl groups is 1. The Bertz CT molecular complexity index is 747. The van der Waals surface area contributed by atoms with Gasteiger partial charge in [-0.2, -0.15) is 0 Å². The van der Waals surface area contributed by atoms with Crippen molar-refractivity contribution in [3.8, 4) is 0 Å². The summed E-state index contributed by atoms with van der Waals surface area (Å²) in [5.74, 6) is 2.83. The predicted molar refractivity (Wildman–Crippen MR) is 103 cm³/mol. The van der Waals surface area contributed by atoms with E-state index in [1.54, 1.807) is 0 Å². The number of rotatable bonds is 1. The molecular formula is C24H34O2. The Balaban J connectivity index is 1.68. The summed E-state index contributed by atoms with van der Waals surface area (Å²) in [6.07, 6.45) is 7.53. The number of allylic oxidation sites excluding steroid dienone is 3. The van der Waals surface area contributed by atoms with E-state index in [0.29, 0.717) is 35.9 Å². The first-order chi connectivity index (χ1) is 12.2. The first-order valence-corrected chi connectivity index (χ1v) is 10.8. The van der Waals surface area contributed by atoms with Crippen molar-refractivity contribution in [3.05, 3.63) is 23.3 Å². The van der Waals surface area contributed by atoms with Crippen molar-refractivity contribution in [2.45, 2.75) is 78.7 Å². The molecule has 2 spiro atoms. The molecule has 8 atom stereocenters. The summed E-state index contributed by atoms with van der Waals surface area (Å²) >= 11 is 0. The van der Waals surface area contributed by atoms with Gasteiger partial charge in [0.2, 0.25) is 0 Å². The predicted octanol–water partition coefficient (Wildman–Crippen LogP) is 5.07. The molecule has 0 aliphatic heterocycles. The Labute approximate surface area is 158 Å². The van der Waals surface area contributed by atoms with Gasteiger partial charge in [0, 0.05) is 22.8 Å². The molecule has 5 aliphatic rings. The number of carbonyl (C=O) groups excluding carboxylic acids is 1. The van der Waals surface area contributed by atoms with Gasteiger partial charge >= 0.3 is 0 Å². The van der Waals surface area contributed by atoms with E-state index in [2.05, 4.69) is 27.4 Å². The average molecular weight is 355 g/mol. The van der Waals surface area contributed by atoms with Crippen molar-refractivity contribution in [1.29, 1.82) is 0 Å². The van der Waals surface area contributed by atoms with Crippen LogP contribution in [0.1, 0.15) is 72.6 Å². The summed E-state index contributed by atoms with van der Waals surface area (Å²) in [5.41, 5.74) is 3.43. The maximum absolute atomic E-state index is 12.8. The van der Waals surface area contributed by atoms with Crippen LogP contribution >= 0.6 is 0 Å². The number of ketones is 1. The number of carbonyl (C=O) groups is 1. The molecule has 26 heavy (non-hydrogen) atoms. The molecule has 5 rings (SSSR count). The maximum atomic E-state index is 12.8. The van der Waals surface area contributed by atoms with Crippen molar-refractivity contribution >= 4 is 5.78 Å². The molecule has 0 aromatic carbocycles. The highest BCUT2D eigenvalue weighted by atomic mass is 16.3. The first kappa shape index (κ1) is 17.2. The SMILES string of the molecule is C=C(C)C1=C2C[C@@]34[C@@H](O)[C@@]5(CC[C@@H](C)[C@@H]3C[C@]2(C)CC1=O)[C@@H]4CC[C@H]5C. The Hall–Kier alpha value is -0.890. The third-order valence-electron chi connectivity index (χ3n) is 9.97. The van der Waals surface area contributed by atoms with E-state index in [1.165, 1.54) is 31.3 Å². The van der Waals surface area contributed by atoms with Gasteiger partial charge in [-0.05, 0) is 80.1 Å². The lowest BCUT2D eigenvalue weighted by Gasteiger charge is -2.70. The van der Waals surface area contributed by atoms with E-state index in [1.807, 2.05) is 6.92 Å². The number of fused-ring (bicyclic) bond motifs is 1. The van der Waals surface area contributed by atoms with Crippen LogP contribution in [0.2, 0.25) is 0 Å². The van der Waals surface area contributed by atoms with Crippen LogP contribution in [0.25, 0.3) is 0 Å².